The molecule has 0 saturated heterocycles. The Morgan fingerprint density at radius 2 is 2.18 bits per heavy atom. The molecule has 0 atom stereocenters. The monoisotopic (exact) mass is 174 g/mol. The summed E-state index contributed by atoms with van der Waals surface area (Å²) in [5.74, 6) is -0.0185. The van der Waals surface area contributed by atoms with Crippen LogP contribution in [0.2, 0.25) is 0 Å². The molecule has 1 rings (SSSR count). The Balaban J connectivity index is 2.82. The molecule has 1 aromatic rings. The summed E-state index contributed by atoms with van der Waals surface area (Å²) in [7, 11) is -3.48. The highest BCUT2D eigenvalue weighted by molar-refractivity contribution is 7.86. The van der Waals surface area contributed by atoms with Crippen molar-refractivity contribution in [2.24, 2.45) is 0 Å². The Bertz CT molecular complexity index is 321. The van der Waals surface area contributed by atoms with Crippen LogP contribution in [-0.4, -0.2) is 24.6 Å². The summed E-state index contributed by atoms with van der Waals surface area (Å²) in [6.07, 6.45) is 4.94. The van der Waals surface area contributed by atoms with Gasteiger partial charge in [0.1, 0.15) is 0 Å². The second-order valence-electron chi connectivity index (χ2n) is 1.83. The zero-order chi connectivity index (χ0) is 8.32. The summed E-state index contributed by atoms with van der Waals surface area (Å²) in [6.45, 7) is 0. The van der Waals surface area contributed by atoms with Gasteiger partial charge in [-0.25, -0.2) is 4.98 Å². The summed E-state index contributed by atoms with van der Waals surface area (Å²) in [6, 6.07) is 0. The smallest absolute Gasteiger partial charge is 0.307 e. The third-order valence-electron chi connectivity index (χ3n) is 0.776. The average Bonchev–Trinajstić information content (AvgIpc) is 1.85. The second-order valence-corrected chi connectivity index (χ2v) is 3.41. The van der Waals surface area contributed by atoms with Gasteiger partial charge in [0.2, 0.25) is 0 Å². The van der Waals surface area contributed by atoms with Crippen LogP contribution in [0.15, 0.2) is 18.6 Å². The zero-order valence-electron chi connectivity index (χ0n) is 5.76. The molecule has 0 saturated carbocycles. The summed E-state index contributed by atoms with van der Waals surface area (Å²) < 4.78 is 25.4. The van der Waals surface area contributed by atoms with Gasteiger partial charge >= 0.3 is 10.1 Å². The highest BCUT2D eigenvalue weighted by Gasteiger charge is 2.03. The van der Waals surface area contributed by atoms with E-state index in [1.165, 1.54) is 18.6 Å². The molecule has 0 amide bonds. The van der Waals surface area contributed by atoms with Gasteiger partial charge in [0.25, 0.3) is 5.88 Å². The molecule has 0 aromatic carbocycles. The van der Waals surface area contributed by atoms with E-state index in [4.69, 9.17) is 0 Å². The van der Waals surface area contributed by atoms with Crippen LogP contribution < -0.4 is 4.18 Å². The molecule has 6 heteroatoms. The van der Waals surface area contributed by atoms with Crippen molar-refractivity contribution in [3.63, 3.8) is 0 Å². The van der Waals surface area contributed by atoms with E-state index >= 15 is 0 Å². The van der Waals surface area contributed by atoms with E-state index in [1.54, 1.807) is 0 Å². The number of hydrogen-bond donors (Lipinski definition) is 0. The van der Waals surface area contributed by atoms with Gasteiger partial charge in [-0.15, -0.1) is 0 Å². The standard InChI is InChI=1S/C5H6N2O3S/c1-11(8,9)10-5-4-6-2-3-7-5/h2-4H,1H3. The lowest BCUT2D eigenvalue weighted by Crippen LogP contribution is -2.06. The van der Waals surface area contributed by atoms with Crippen molar-refractivity contribution in [1.82, 2.24) is 9.97 Å². The van der Waals surface area contributed by atoms with Crippen LogP contribution in [0.4, 0.5) is 0 Å². The first-order chi connectivity index (χ1) is 5.08. The SMILES string of the molecule is CS(=O)(=O)Oc1cnccn1. The Morgan fingerprint density at radius 1 is 1.45 bits per heavy atom. The molecular weight excluding hydrogens is 168 g/mol. The summed E-state index contributed by atoms with van der Waals surface area (Å²) >= 11 is 0. The lowest BCUT2D eigenvalue weighted by Gasteiger charge is -1.97. The molecule has 0 spiro atoms. The van der Waals surface area contributed by atoms with Crippen molar-refractivity contribution in [1.29, 1.82) is 0 Å². The minimum Gasteiger partial charge on any atom is -0.360 e. The molecule has 0 bridgehead atoms. The van der Waals surface area contributed by atoms with Crippen LogP contribution in [0.3, 0.4) is 0 Å². The van der Waals surface area contributed by atoms with E-state index in [-0.39, 0.29) is 5.88 Å². The molecule has 5 nitrogen and oxygen atoms in total. The third kappa shape index (κ3) is 2.94. The van der Waals surface area contributed by atoms with Crippen molar-refractivity contribution in [2.45, 2.75) is 0 Å². The van der Waals surface area contributed by atoms with E-state index in [2.05, 4.69) is 14.2 Å². The molecule has 0 aliphatic carbocycles. The highest BCUT2D eigenvalue weighted by atomic mass is 32.2. The Morgan fingerprint density at radius 3 is 2.64 bits per heavy atom. The number of aromatic nitrogens is 2. The minimum absolute atomic E-state index is 0.0185. The van der Waals surface area contributed by atoms with Crippen LogP contribution in [0, 0.1) is 0 Å². The minimum atomic E-state index is -3.48. The zero-order valence-corrected chi connectivity index (χ0v) is 6.58. The van der Waals surface area contributed by atoms with Gasteiger partial charge < -0.3 is 4.18 Å². The van der Waals surface area contributed by atoms with Gasteiger partial charge in [-0.2, -0.15) is 8.42 Å². The van der Waals surface area contributed by atoms with Gasteiger partial charge in [-0.05, 0) is 0 Å². The maximum Gasteiger partial charge on any atom is 0.307 e. The predicted molar refractivity (Wildman–Crippen MR) is 37.5 cm³/mol. The first-order valence-electron chi connectivity index (χ1n) is 2.73. The van der Waals surface area contributed by atoms with Gasteiger partial charge in [0.15, 0.2) is 0 Å². The highest BCUT2D eigenvalue weighted by Crippen LogP contribution is 2.02. The number of hydrogen-bond acceptors (Lipinski definition) is 5. The van der Waals surface area contributed by atoms with E-state index in [0.717, 1.165) is 6.26 Å². The fraction of sp³-hybridized carbons (Fsp3) is 0.200. The first kappa shape index (κ1) is 7.93. The van der Waals surface area contributed by atoms with Crippen molar-refractivity contribution >= 4 is 10.1 Å². The van der Waals surface area contributed by atoms with Crippen LogP contribution >= 0.6 is 0 Å². The largest absolute Gasteiger partial charge is 0.360 e. The number of rotatable bonds is 2. The molecular formula is C5H6N2O3S. The van der Waals surface area contributed by atoms with Crippen molar-refractivity contribution < 1.29 is 12.6 Å². The van der Waals surface area contributed by atoms with E-state index < -0.39 is 10.1 Å². The molecule has 0 radical (unpaired) electrons. The van der Waals surface area contributed by atoms with Gasteiger partial charge in [0.05, 0.1) is 12.5 Å². The van der Waals surface area contributed by atoms with Crippen LogP contribution in [0.1, 0.15) is 0 Å². The summed E-state index contributed by atoms with van der Waals surface area (Å²) in [4.78, 5) is 7.22. The normalized spacial score (nSPS) is 11.0. The van der Waals surface area contributed by atoms with E-state index in [9.17, 15) is 8.42 Å². The molecule has 60 valence electrons. The van der Waals surface area contributed by atoms with Crippen LogP contribution in [0.25, 0.3) is 0 Å². The fourth-order valence-electron chi connectivity index (χ4n) is 0.484. The molecule has 0 N–H and O–H groups in total. The van der Waals surface area contributed by atoms with E-state index in [0.29, 0.717) is 0 Å². The van der Waals surface area contributed by atoms with Crippen molar-refractivity contribution in [3.05, 3.63) is 18.6 Å². The summed E-state index contributed by atoms with van der Waals surface area (Å²) in [5.41, 5.74) is 0. The Labute approximate surface area is 64.2 Å². The number of nitrogens with zero attached hydrogens (tertiary/aromatic N) is 2. The van der Waals surface area contributed by atoms with Crippen molar-refractivity contribution in [3.8, 4) is 5.88 Å². The molecule has 0 fully saturated rings. The van der Waals surface area contributed by atoms with Gasteiger partial charge in [-0.3, -0.25) is 4.98 Å². The molecule has 11 heavy (non-hydrogen) atoms. The fourth-order valence-corrected chi connectivity index (χ4v) is 0.880. The second kappa shape index (κ2) is 2.83. The quantitative estimate of drug-likeness (QED) is 0.581. The first-order valence-corrected chi connectivity index (χ1v) is 4.55. The van der Waals surface area contributed by atoms with Crippen LogP contribution in [0.5, 0.6) is 5.88 Å². The van der Waals surface area contributed by atoms with Crippen LogP contribution in [-0.2, 0) is 10.1 Å². The molecule has 1 heterocycles. The third-order valence-corrected chi connectivity index (χ3v) is 1.25. The molecule has 0 unspecified atom stereocenters. The van der Waals surface area contributed by atoms with Gasteiger partial charge in [-0.1, -0.05) is 0 Å². The Kier molecular flexibility index (Phi) is 2.04. The average molecular weight is 174 g/mol. The van der Waals surface area contributed by atoms with Gasteiger partial charge in [0, 0.05) is 12.4 Å². The maximum atomic E-state index is 10.5. The summed E-state index contributed by atoms with van der Waals surface area (Å²) in [5, 5.41) is 0. The van der Waals surface area contributed by atoms with E-state index in [1.807, 2.05) is 0 Å². The Hall–Kier alpha value is -1.17. The lowest BCUT2D eigenvalue weighted by atomic mass is 10.7. The molecule has 0 aliphatic heterocycles. The van der Waals surface area contributed by atoms with Crippen molar-refractivity contribution in [2.75, 3.05) is 6.26 Å². The predicted octanol–water partition coefficient (Wildman–Crippen LogP) is -0.185. The lowest BCUT2D eigenvalue weighted by molar-refractivity contribution is 0.481. The molecule has 0 aliphatic rings. The topological polar surface area (TPSA) is 69.2 Å². The molecule has 1 aromatic heterocycles. The maximum absolute atomic E-state index is 10.5.